The van der Waals surface area contributed by atoms with Crippen LogP contribution >= 0.6 is 0 Å². The maximum atomic E-state index is 12.1. The highest BCUT2D eigenvalue weighted by Crippen LogP contribution is 2.15. The van der Waals surface area contributed by atoms with Gasteiger partial charge in [-0.3, -0.25) is 4.79 Å². The highest BCUT2D eigenvalue weighted by Gasteiger charge is 2.38. The summed E-state index contributed by atoms with van der Waals surface area (Å²) in [7, 11) is 0. The van der Waals surface area contributed by atoms with Crippen LogP contribution in [0.25, 0.3) is 0 Å². The van der Waals surface area contributed by atoms with Gasteiger partial charge in [-0.2, -0.15) is 0 Å². The minimum absolute atomic E-state index is 0.0798. The topological polar surface area (TPSA) is 111 Å². The molecule has 0 aromatic rings. The summed E-state index contributed by atoms with van der Waals surface area (Å²) in [5.41, 5.74) is -1.38. The minimum atomic E-state index is -1.38. The molecule has 0 spiro atoms. The van der Waals surface area contributed by atoms with Crippen molar-refractivity contribution in [3.8, 4) is 0 Å². The zero-order valence-corrected chi connectivity index (χ0v) is 10.6. The lowest BCUT2D eigenvalue weighted by atomic mass is 9.98. The molecule has 0 bridgehead atoms. The molecule has 1 fully saturated rings. The number of ether oxygens (including phenoxy) is 1. The van der Waals surface area contributed by atoms with Crippen molar-refractivity contribution in [2.24, 2.45) is 5.92 Å². The van der Waals surface area contributed by atoms with E-state index in [9.17, 15) is 4.79 Å². The molecule has 1 rings (SSSR count). The lowest BCUT2D eigenvalue weighted by Crippen LogP contribution is -2.59. The van der Waals surface area contributed by atoms with Crippen molar-refractivity contribution in [2.75, 3.05) is 39.6 Å². The molecule has 0 saturated carbocycles. The molecule has 0 aromatic heterocycles. The van der Waals surface area contributed by atoms with Crippen molar-refractivity contribution in [1.29, 1.82) is 0 Å². The van der Waals surface area contributed by atoms with Crippen molar-refractivity contribution >= 4 is 5.91 Å². The molecule has 0 aromatic carbocycles. The SMILES string of the molecule is CCNC1COCC1C(=O)NC(CO)(CO)CO. The summed E-state index contributed by atoms with van der Waals surface area (Å²) >= 11 is 0. The van der Waals surface area contributed by atoms with Crippen LogP contribution in [0.15, 0.2) is 0 Å². The second-order valence-electron chi connectivity index (χ2n) is 4.55. The first-order chi connectivity index (χ1) is 8.62. The number of aliphatic hydroxyl groups is 3. The van der Waals surface area contributed by atoms with Crippen molar-refractivity contribution in [2.45, 2.75) is 18.5 Å². The van der Waals surface area contributed by atoms with Gasteiger partial charge in [0.2, 0.25) is 5.91 Å². The van der Waals surface area contributed by atoms with Gasteiger partial charge in [-0.15, -0.1) is 0 Å². The first-order valence-electron chi connectivity index (χ1n) is 6.08. The van der Waals surface area contributed by atoms with Crippen molar-refractivity contribution in [3.05, 3.63) is 0 Å². The van der Waals surface area contributed by atoms with Crippen molar-refractivity contribution in [3.63, 3.8) is 0 Å². The van der Waals surface area contributed by atoms with E-state index in [4.69, 9.17) is 20.1 Å². The van der Waals surface area contributed by atoms with E-state index >= 15 is 0 Å². The van der Waals surface area contributed by atoms with Gasteiger partial charge in [0.25, 0.3) is 0 Å². The third kappa shape index (κ3) is 3.39. The molecular formula is C11H22N2O5. The summed E-state index contributed by atoms with van der Waals surface area (Å²) in [6.07, 6.45) is 0. The predicted molar refractivity (Wildman–Crippen MR) is 63.9 cm³/mol. The highest BCUT2D eigenvalue weighted by molar-refractivity contribution is 5.80. The largest absolute Gasteiger partial charge is 0.394 e. The highest BCUT2D eigenvalue weighted by atomic mass is 16.5. The maximum Gasteiger partial charge on any atom is 0.227 e. The average Bonchev–Trinajstić information content (AvgIpc) is 2.85. The molecule has 1 amide bonds. The van der Waals surface area contributed by atoms with Gasteiger partial charge < -0.3 is 30.7 Å². The number of nitrogens with one attached hydrogen (secondary N) is 2. The van der Waals surface area contributed by atoms with E-state index in [0.717, 1.165) is 6.54 Å². The Hall–Kier alpha value is -0.730. The minimum Gasteiger partial charge on any atom is -0.394 e. The average molecular weight is 262 g/mol. The van der Waals surface area contributed by atoms with Gasteiger partial charge in [0.1, 0.15) is 5.54 Å². The fourth-order valence-electron chi connectivity index (χ4n) is 1.90. The Balaban J connectivity index is 2.63. The Morgan fingerprint density at radius 3 is 2.39 bits per heavy atom. The van der Waals surface area contributed by atoms with Crippen molar-refractivity contribution < 1.29 is 24.9 Å². The lowest BCUT2D eigenvalue weighted by Gasteiger charge is -2.30. The van der Waals surface area contributed by atoms with E-state index in [1.807, 2.05) is 6.92 Å². The number of likely N-dealkylation sites (N-methyl/N-ethyl adjacent to an activating group) is 1. The van der Waals surface area contributed by atoms with Crippen LogP contribution in [0.5, 0.6) is 0 Å². The molecule has 2 atom stereocenters. The second-order valence-corrected chi connectivity index (χ2v) is 4.55. The van der Waals surface area contributed by atoms with E-state index in [-0.39, 0.29) is 17.9 Å². The second kappa shape index (κ2) is 7.01. The number of carbonyl (C=O) groups is 1. The van der Waals surface area contributed by atoms with Crippen LogP contribution in [0.2, 0.25) is 0 Å². The van der Waals surface area contributed by atoms with Crippen LogP contribution in [0.1, 0.15) is 6.92 Å². The van der Waals surface area contributed by atoms with Crippen LogP contribution in [-0.4, -0.2) is 72.4 Å². The number of rotatable bonds is 7. The van der Waals surface area contributed by atoms with Crippen LogP contribution in [0.3, 0.4) is 0 Å². The quantitative estimate of drug-likeness (QED) is 0.345. The predicted octanol–water partition coefficient (Wildman–Crippen LogP) is -2.56. The molecule has 106 valence electrons. The summed E-state index contributed by atoms with van der Waals surface area (Å²) in [4.78, 5) is 12.1. The summed E-state index contributed by atoms with van der Waals surface area (Å²) in [6, 6.07) is -0.0798. The van der Waals surface area contributed by atoms with E-state index in [2.05, 4.69) is 10.6 Å². The van der Waals surface area contributed by atoms with Gasteiger partial charge in [-0.1, -0.05) is 6.92 Å². The van der Waals surface area contributed by atoms with Gasteiger partial charge in [0.15, 0.2) is 0 Å². The van der Waals surface area contributed by atoms with Gasteiger partial charge in [-0.25, -0.2) is 0 Å². The molecule has 7 heteroatoms. The normalized spacial score (nSPS) is 24.2. The van der Waals surface area contributed by atoms with Crippen LogP contribution in [-0.2, 0) is 9.53 Å². The number of carbonyl (C=O) groups excluding carboxylic acids is 1. The molecule has 1 aliphatic heterocycles. The molecule has 18 heavy (non-hydrogen) atoms. The van der Waals surface area contributed by atoms with Gasteiger partial charge >= 0.3 is 0 Å². The Labute approximate surface area is 106 Å². The standard InChI is InChI=1S/C11H22N2O5/c1-2-12-9-4-18-3-8(9)10(17)13-11(5-14,6-15)7-16/h8-9,12,14-16H,2-7H2,1H3,(H,13,17). The monoisotopic (exact) mass is 262 g/mol. The van der Waals surface area contributed by atoms with E-state index in [0.29, 0.717) is 13.2 Å². The fourth-order valence-corrected chi connectivity index (χ4v) is 1.90. The molecule has 5 N–H and O–H groups in total. The molecular weight excluding hydrogens is 240 g/mol. The Morgan fingerprint density at radius 1 is 1.28 bits per heavy atom. The zero-order chi connectivity index (χ0) is 13.6. The van der Waals surface area contributed by atoms with Crippen molar-refractivity contribution in [1.82, 2.24) is 10.6 Å². The summed E-state index contributed by atoms with van der Waals surface area (Å²) in [5.74, 6) is -0.718. The third-order valence-electron chi connectivity index (χ3n) is 3.18. The number of hydrogen-bond acceptors (Lipinski definition) is 6. The molecule has 7 nitrogen and oxygen atoms in total. The third-order valence-corrected chi connectivity index (χ3v) is 3.18. The summed E-state index contributed by atoms with van der Waals surface area (Å²) < 4.78 is 5.25. The molecule has 2 unspecified atom stereocenters. The smallest absolute Gasteiger partial charge is 0.227 e. The Morgan fingerprint density at radius 2 is 1.89 bits per heavy atom. The number of amides is 1. The Bertz CT molecular complexity index is 262. The van der Waals surface area contributed by atoms with E-state index in [1.54, 1.807) is 0 Å². The van der Waals surface area contributed by atoms with Crippen LogP contribution in [0.4, 0.5) is 0 Å². The van der Waals surface area contributed by atoms with E-state index < -0.39 is 25.4 Å². The molecule has 1 saturated heterocycles. The summed E-state index contributed by atoms with van der Waals surface area (Å²) in [5, 5.41) is 33.1. The summed E-state index contributed by atoms with van der Waals surface area (Å²) in [6.45, 7) is 1.84. The molecule has 1 aliphatic rings. The van der Waals surface area contributed by atoms with Crippen LogP contribution < -0.4 is 10.6 Å². The van der Waals surface area contributed by atoms with Crippen LogP contribution in [0, 0.1) is 5.92 Å². The lowest BCUT2D eigenvalue weighted by molar-refractivity contribution is -0.129. The molecule has 0 radical (unpaired) electrons. The van der Waals surface area contributed by atoms with Gasteiger partial charge in [0, 0.05) is 6.04 Å². The zero-order valence-electron chi connectivity index (χ0n) is 10.6. The molecule has 1 heterocycles. The first kappa shape index (κ1) is 15.3. The number of hydrogen-bond donors (Lipinski definition) is 5. The van der Waals surface area contributed by atoms with Gasteiger partial charge in [0.05, 0.1) is 39.0 Å². The first-order valence-corrected chi connectivity index (χ1v) is 6.08. The maximum absolute atomic E-state index is 12.1. The Kier molecular flexibility index (Phi) is 5.97. The van der Waals surface area contributed by atoms with E-state index in [1.165, 1.54) is 0 Å². The number of aliphatic hydroxyl groups excluding tert-OH is 3. The fraction of sp³-hybridized carbons (Fsp3) is 0.909. The molecule has 0 aliphatic carbocycles. The van der Waals surface area contributed by atoms with Gasteiger partial charge in [-0.05, 0) is 6.54 Å².